The summed E-state index contributed by atoms with van der Waals surface area (Å²) in [5, 5.41) is 10.8. The van der Waals surface area contributed by atoms with E-state index in [2.05, 4.69) is 22.6 Å². The van der Waals surface area contributed by atoms with E-state index in [0.29, 0.717) is 25.1 Å². The highest BCUT2D eigenvalue weighted by Gasteiger charge is 2.28. The van der Waals surface area contributed by atoms with Gasteiger partial charge in [0.1, 0.15) is 0 Å². The number of carboxylic acid groups (broad SMARTS) is 1. The van der Waals surface area contributed by atoms with Gasteiger partial charge in [0, 0.05) is 18.5 Å². The first-order valence-corrected chi connectivity index (χ1v) is 7.30. The predicted molar refractivity (Wildman–Crippen MR) is 73.3 cm³/mol. The zero-order valence-electron chi connectivity index (χ0n) is 9.06. The summed E-state index contributed by atoms with van der Waals surface area (Å²) in [7, 11) is 0. The number of piperidine rings is 1. The summed E-state index contributed by atoms with van der Waals surface area (Å²) < 4.78 is 1.07. The lowest BCUT2D eigenvalue weighted by Gasteiger charge is -2.30. The molecule has 0 saturated carbocycles. The van der Waals surface area contributed by atoms with Gasteiger partial charge < -0.3 is 10.0 Å². The van der Waals surface area contributed by atoms with E-state index in [4.69, 9.17) is 5.11 Å². The monoisotopic (exact) mass is 365 g/mol. The third-order valence-electron chi connectivity index (χ3n) is 2.87. The summed E-state index contributed by atoms with van der Waals surface area (Å²) in [6.07, 6.45) is 1.43. The predicted octanol–water partition coefficient (Wildman–Crippen LogP) is 2.29. The van der Waals surface area contributed by atoms with E-state index in [-0.39, 0.29) is 5.91 Å². The molecule has 1 aromatic heterocycles. The van der Waals surface area contributed by atoms with Crippen LogP contribution in [-0.4, -0.2) is 35.0 Å². The lowest BCUT2D eigenvalue weighted by atomic mass is 9.98. The van der Waals surface area contributed by atoms with Crippen LogP contribution in [0.4, 0.5) is 0 Å². The first-order valence-electron chi connectivity index (χ1n) is 5.34. The van der Waals surface area contributed by atoms with Gasteiger partial charge in [-0.2, -0.15) is 0 Å². The second-order valence-electron chi connectivity index (χ2n) is 4.07. The molecule has 1 amide bonds. The van der Waals surface area contributed by atoms with E-state index in [1.807, 2.05) is 11.4 Å². The van der Waals surface area contributed by atoms with Crippen molar-refractivity contribution in [2.45, 2.75) is 12.8 Å². The maximum absolute atomic E-state index is 12.1. The fourth-order valence-corrected chi connectivity index (χ4v) is 3.29. The molecule has 1 fully saturated rings. The largest absolute Gasteiger partial charge is 0.481 e. The third-order valence-corrected chi connectivity index (χ3v) is 4.66. The van der Waals surface area contributed by atoms with Gasteiger partial charge in [-0.15, -0.1) is 11.3 Å². The van der Waals surface area contributed by atoms with Crippen LogP contribution in [0.25, 0.3) is 0 Å². The fraction of sp³-hybridized carbons (Fsp3) is 0.455. The highest BCUT2D eigenvalue weighted by molar-refractivity contribution is 14.1. The minimum absolute atomic E-state index is 0.0462. The number of thiophene rings is 1. The van der Waals surface area contributed by atoms with Gasteiger partial charge in [-0.1, -0.05) is 0 Å². The van der Waals surface area contributed by atoms with E-state index in [1.165, 1.54) is 11.3 Å². The molecule has 0 aromatic carbocycles. The Hall–Kier alpha value is -0.630. The van der Waals surface area contributed by atoms with Crippen molar-refractivity contribution in [1.82, 2.24) is 4.90 Å². The molecular weight excluding hydrogens is 353 g/mol. The molecule has 0 aliphatic carbocycles. The van der Waals surface area contributed by atoms with Crippen LogP contribution in [0.3, 0.4) is 0 Å². The van der Waals surface area contributed by atoms with Gasteiger partial charge in [-0.05, 0) is 41.5 Å². The molecule has 1 atom stereocenters. The maximum Gasteiger partial charge on any atom is 0.308 e. The minimum atomic E-state index is -0.803. The Morgan fingerprint density at radius 1 is 1.53 bits per heavy atom. The van der Waals surface area contributed by atoms with E-state index in [9.17, 15) is 9.59 Å². The standard InChI is InChI=1S/C11H12INO3S/c12-9-4-8(6-17-9)10(14)13-3-1-2-7(5-13)11(15)16/h4,6-7H,1-3,5H2,(H,15,16). The smallest absolute Gasteiger partial charge is 0.308 e. The van der Waals surface area contributed by atoms with Crippen LogP contribution in [0.15, 0.2) is 11.4 Å². The molecule has 1 N–H and O–H groups in total. The van der Waals surface area contributed by atoms with Crippen molar-refractivity contribution >= 4 is 45.8 Å². The number of nitrogens with zero attached hydrogens (tertiary/aromatic N) is 1. The van der Waals surface area contributed by atoms with Crippen LogP contribution >= 0.6 is 33.9 Å². The molecule has 4 nitrogen and oxygen atoms in total. The summed E-state index contributed by atoms with van der Waals surface area (Å²) in [6, 6.07) is 1.85. The van der Waals surface area contributed by atoms with Crippen molar-refractivity contribution in [3.05, 3.63) is 19.9 Å². The van der Waals surface area contributed by atoms with Crippen molar-refractivity contribution in [3.8, 4) is 0 Å². The van der Waals surface area contributed by atoms with Gasteiger partial charge in [-0.25, -0.2) is 0 Å². The second kappa shape index (κ2) is 5.34. The Balaban J connectivity index is 2.07. The molecule has 0 spiro atoms. The van der Waals surface area contributed by atoms with Crippen molar-refractivity contribution in [2.75, 3.05) is 13.1 Å². The second-order valence-corrected chi connectivity index (χ2v) is 6.87. The number of carboxylic acids is 1. The SMILES string of the molecule is O=C(O)C1CCCN(C(=O)c2csc(I)c2)C1. The molecular formula is C11H12INO3S. The van der Waals surface area contributed by atoms with Gasteiger partial charge in [0.05, 0.1) is 14.4 Å². The van der Waals surface area contributed by atoms with Gasteiger partial charge in [0.15, 0.2) is 0 Å². The van der Waals surface area contributed by atoms with Crippen LogP contribution < -0.4 is 0 Å². The van der Waals surface area contributed by atoms with Crippen LogP contribution in [-0.2, 0) is 4.79 Å². The van der Waals surface area contributed by atoms with Gasteiger partial charge in [0.25, 0.3) is 5.91 Å². The average Bonchev–Trinajstić information content (AvgIpc) is 2.75. The zero-order valence-corrected chi connectivity index (χ0v) is 12.0. The first-order chi connectivity index (χ1) is 8.08. The molecule has 92 valence electrons. The van der Waals surface area contributed by atoms with E-state index in [0.717, 1.165) is 9.30 Å². The Kier molecular flexibility index (Phi) is 4.03. The Labute approximate surface area is 117 Å². The third kappa shape index (κ3) is 2.98. The number of rotatable bonds is 2. The summed E-state index contributed by atoms with van der Waals surface area (Å²) in [4.78, 5) is 24.7. The molecule has 1 saturated heterocycles. The van der Waals surface area contributed by atoms with Crippen LogP contribution in [0.2, 0.25) is 0 Å². The fourth-order valence-electron chi connectivity index (χ4n) is 1.97. The van der Waals surface area contributed by atoms with Crippen molar-refractivity contribution in [3.63, 3.8) is 0 Å². The molecule has 0 bridgehead atoms. The van der Waals surface area contributed by atoms with Crippen molar-refractivity contribution in [2.24, 2.45) is 5.92 Å². The number of halogens is 1. The molecule has 2 rings (SSSR count). The lowest BCUT2D eigenvalue weighted by molar-refractivity contribution is -0.143. The van der Waals surface area contributed by atoms with E-state index < -0.39 is 11.9 Å². The molecule has 1 aromatic rings. The van der Waals surface area contributed by atoms with E-state index in [1.54, 1.807) is 4.90 Å². The maximum atomic E-state index is 12.1. The summed E-state index contributed by atoms with van der Waals surface area (Å²) in [5.74, 6) is -1.26. The van der Waals surface area contributed by atoms with Gasteiger partial charge in [-0.3, -0.25) is 9.59 Å². The normalized spacial score (nSPS) is 20.3. The van der Waals surface area contributed by atoms with Crippen LogP contribution in [0, 0.1) is 8.80 Å². The molecule has 6 heteroatoms. The zero-order chi connectivity index (χ0) is 12.4. The molecule has 2 heterocycles. The highest BCUT2D eigenvalue weighted by Crippen LogP contribution is 2.22. The topological polar surface area (TPSA) is 57.6 Å². The molecule has 0 radical (unpaired) electrons. The number of amides is 1. The number of aliphatic carboxylic acids is 1. The molecule has 17 heavy (non-hydrogen) atoms. The number of hydrogen-bond donors (Lipinski definition) is 1. The average molecular weight is 365 g/mol. The van der Waals surface area contributed by atoms with Gasteiger partial charge >= 0.3 is 5.97 Å². The van der Waals surface area contributed by atoms with Crippen LogP contribution in [0.5, 0.6) is 0 Å². The van der Waals surface area contributed by atoms with Crippen molar-refractivity contribution < 1.29 is 14.7 Å². The Morgan fingerprint density at radius 3 is 2.88 bits per heavy atom. The summed E-state index contributed by atoms with van der Waals surface area (Å²) >= 11 is 3.70. The summed E-state index contributed by atoms with van der Waals surface area (Å²) in [5.41, 5.74) is 0.672. The van der Waals surface area contributed by atoms with Crippen molar-refractivity contribution in [1.29, 1.82) is 0 Å². The Bertz CT molecular complexity index is 446. The summed E-state index contributed by atoms with van der Waals surface area (Å²) in [6.45, 7) is 0.996. The lowest BCUT2D eigenvalue weighted by Crippen LogP contribution is -2.42. The van der Waals surface area contributed by atoms with Gasteiger partial charge in [0.2, 0.25) is 0 Å². The molecule has 1 aliphatic rings. The number of carbonyl (C=O) groups excluding carboxylic acids is 1. The van der Waals surface area contributed by atoms with Crippen LogP contribution in [0.1, 0.15) is 23.2 Å². The van der Waals surface area contributed by atoms with E-state index >= 15 is 0 Å². The highest BCUT2D eigenvalue weighted by atomic mass is 127. The quantitative estimate of drug-likeness (QED) is 0.819. The number of likely N-dealkylation sites (tertiary alicyclic amines) is 1. The first kappa shape index (κ1) is 12.8. The number of hydrogen-bond acceptors (Lipinski definition) is 3. The minimum Gasteiger partial charge on any atom is -0.481 e. The molecule has 1 aliphatic heterocycles. The molecule has 1 unspecified atom stereocenters. The Morgan fingerprint density at radius 2 is 2.29 bits per heavy atom. The number of carbonyl (C=O) groups is 2.